The first kappa shape index (κ1) is 13.7. The van der Waals surface area contributed by atoms with Gasteiger partial charge in [0.05, 0.1) is 12.8 Å². The summed E-state index contributed by atoms with van der Waals surface area (Å²) in [6.45, 7) is 5.94. The average Bonchev–Trinajstić information content (AvgIpc) is 2.89. The number of furan rings is 1. The van der Waals surface area contributed by atoms with E-state index in [1.165, 1.54) is 11.3 Å². The standard InChI is InChI=1S/C16H22N2O/c1-3-18(12-16-5-4-10-19-16)15-8-6-14(7-9-15)11-13(2)17/h4-10,13H,3,11-12,17H2,1-2H3. The number of rotatable bonds is 6. The second kappa shape index (κ2) is 6.43. The summed E-state index contributed by atoms with van der Waals surface area (Å²) in [4.78, 5) is 2.29. The summed E-state index contributed by atoms with van der Waals surface area (Å²) >= 11 is 0. The lowest BCUT2D eigenvalue weighted by molar-refractivity contribution is 0.503. The molecule has 0 aliphatic carbocycles. The van der Waals surface area contributed by atoms with Crippen LogP contribution in [0.15, 0.2) is 47.1 Å². The fourth-order valence-electron chi connectivity index (χ4n) is 2.19. The molecule has 0 bridgehead atoms. The Morgan fingerprint density at radius 2 is 1.95 bits per heavy atom. The van der Waals surface area contributed by atoms with Crippen molar-refractivity contribution in [2.75, 3.05) is 11.4 Å². The topological polar surface area (TPSA) is 42.4 Å². The predicted octanol–water partition coefficient (Wildman–Crippen LogP) is 3.20. The van der Waals surface area contributed by atoms with E-state index in [9.17, 15) is 0 Å². The summed E-state index contributed by atoms with van der Waals surface area (Å²) in [5.41, 5.74) is 8.32. The van der Waals surface area contributed by atoms with Gasteiger partial charge in [0.2, 0.25) is 0 Å². The van der Waals surface area contributed by atoms with Crippen LogP contribution in [0.25, 0.3) is 0 Å². The summed E-state index contributed by atoms with van der Waals surface area (Å²) in [6, 6.07) is 12.8. The molecule has 0 aliphatic rings. The van der Waals surface area contributed by atoms with Crippen molar-refractivity contribution >= 4 is 5.69 Å². The number of anilines is 1. The van der Waals surface area contributed by atoms with Crippen molar-refractivity contribution in [3.8, 4) is 0 Å². The molecule has 2 rings (SSSR count). The van der Waals surface area contributed by atoms with Crippen LogP contribution in [0, 0.1) is 0 Å². The van der Waals surface area contributed by atoms with E-state index in [1.54, 1.807) is 6.26 Å². The largest absolute Gasteiger partial charge is 0.467 e. The normalized spacial score (nSPS) is 12.4. The zero-order valence-electron chi connectivity index (χ0n) is 11.7. The van der Waals surface area contributed by atoms with Crippen molar-refractivity contribution in [2.24, 2.45) is 5.73 Å². The maximum Gasteiger partial charge on any atom is 0.123 e. The quantitative estimate of drug-likeness (QED) is 0.865. The van der Waals surface area contributed by atoms with Gasteiger partial charge in [-0.15, -0.1) is 0 Å². The van der Waals surface area contributed by atoms with Crippen LogP contribution in [0.3, 0.4) is 0 Å². The number of hydrogen-bond acceptors (Lipinski definition) is 3. The van der Waals surface area contributed by atoms with Gasteiger partial charge in [0.15, 0.2) is 0 Å². The molecule has 1 heterocycles. The van der Waals surface area contributed by atoms with E-state index in [0.29, 0.717) is 0 Å². The summed E-state index contributed by atoms with van der Waals surface area (Å²) < 4.78 is 5.41. The van der Waals surface area contributed by atoms with Crippen molar-refractivity contribution in [3.05, 3.63) is 54.0 Å². The van der Waals surface area contributed by atoms with E-state index < -0.39 is 0 Å². The molecule has 0 fully saturated rings. The van der Waals surface area contributed by atoms with Gasteiger partial charge in [0, 0.05) is 18.3 Å². The van der Waals surface area contributed by atoms with Gasteiger partial charge in [0.25, 0.3) is 0 Å². The van der Waals surface area contributed by atoms with Crippen molar-refractivity contribution in [1.82, 2.24) is 0 Å². The molecule has 1 aromatic heterocycles. The van der Waals surface area contributed by atoms with Crippen LogP contribution in [0.1, 0.15) is 25.2 Å². The minimum atomic E-state index is 0.205. The van der Waals surface area contributed by atoms with Crippen molar-refractivity contribution in [2.45, 2.75) is 32.9 Å². The third-order valence-electron chi connectivity index (χ3n) is 3.17. The molecule has 0 radical (unpaired) electrons. The lowest BCUT2D eigenvalue weighted by Crippen LogP contribution is -2.22. The van der Waals surface area contributed by atoms with Gasteiger partial charge in [-0.1, -0.05) is 12.1 Å². The first-order chi connectivity index (χ1) is 9.19. The van der Waals surface area contributed by atoms with Gasteiger partial charge in [-0.25, -0.2) is 0 Å². The van der Waals surface area contributed by atoms with E-state index >= 15 is 0 Å². The second-order valence-electron chi connectivity index (χ2n) is 4.94. The van der Waals surface area contributed by atoms with E-state index in [2.05, 4.69) is 36.1 Å². The first-order valence-electron chi connectivity index (χ1n) is 6.81. The van der Waals surface area contributed by atoms with Crippen molar-refractivity contribution in [3.63, 3.8) is 0 Å². The molecule has 1 atom stereocenters. The zero-order chi connectivity index (χ0) is 13.7. The second-order valence-corrected chi connectivity index (χ2v) is 4.94. The van der Waals surface area contributed by atoms with E-state index in [1.807, 2.05) is 19.1 Å². The number of nitrogens with zero attached hydrogens (tertiary/aromatic N) is 1. The summed E-state index contributed by atoms with van der Waals surface area (Å²) in [5.74, 6) is 0.988. The van der Waals surface area contributed by atoms with E-state index in [4.69, 9.17) is 10.2 Å². The van der Waals surface area contributed by atoms with Crippen LogP contribution in [-0.2, 0) is 13.0 Å². The molecule has 0 amide bonds. The highest BCUT2D eigenvalue weighted by Gasteiger charge is 2.07. The highest BCUT2D eigenvalue weighted by molar-refractivity contribution is 5.47. The lowest BCUT2D eigenvalue weighted by Gasteiger charge is -2.22. The van der Waals surface area contributed by atoms with E-state index in [-0.39, 0.29) is 6.04 Å². The number of hydrogen-bond donors (Lipinski definition) is 1. The Balaban J connectivity index is 2.06. The highest BCUT2D eigenvalue weighted by atomic mass is 16.3. The zero-order valence-corrected chi connectivity index (χ0v) is 11.7. The molecule has 19 heavy (non-hydrogen) atoms. The maximum absolute atomic E-state index is 5.82. The Morgan fingerprint density at radius 1 is 1.21 bits per heavy atom. The smallest absolute Gasteiger partial charge is 0.123 e. The minimum Gasteiger partial charge on any atom is -0.467 e. The fraction of sp³-hybridized carbons (Fsp3) is 0.375. The Morgan fingerprint density at radius 3 is 2.47 bits per heavy atom. The molecule has 3 nitrogen and oxygen atoms in total. The highest BCUT2D eigenvalue weighted by Crippen LogP contribution is 2.18. The average molecular weight is 258 g/mol. The number of benzene rings is 1. The molecule has 0 saturated heterocycles. The predicted molar refractivity (Wildman–Crippen MR) is 79.2 cm³/mol. The monoisotopic (exact) mass is 258 g/mol. The van der Waals surface area contributed by atoms with Gasteiger partial charge in [-0.05, 0) is 50.1 Å². The molecule has 3 heteroatoms. The SMILES string of the molecule is CCN(Cc1ccco1)c1ccc(CC(C)N)cc1. The first-order valence-corrected chi connectivity index (χ1v) is 6.81. The van der Waals surface area contributed by atoms with Crippen LogP contribution in [0.5, 0.6) is 0 Å². The van der Waals surface area contributed by atoms with Crippen LogP contribution >= 0.6 is 0 Å². The van der Waals surface area contributed by atoms with Gasteiger partial charge >= 0.3 is 0 Å². The molecular weight excluding hydrogens is 236 g/mol. The van der Waals surface area contributed by atoms with Crippen molar-refractivity contribution in [1.29, 1.82) is 0 Å². The van der Waals surface area contributed by atoms with Gasteiger partial charge in [-0.2, -0.15) is 0 Å². The molecule has 2 N–H and O–H groups in total. The summed E-state index contributed by atoms with van der Waals surface area (Å²) in [7, 11) is 0. The van der Waals surface area contributed by atoms with Crippen LogP contribution in [-0.4, -0.2) is 12.6 Å². The molecule has 0 spiro atoms. The molecule has 102 valence electrons. The van der Waals surface area contributed by atoms with Gasteiger partial charge in [0.1, 0.15) is 5.76 Å². The third kappa shape index (κ3) is 3.86. The summed E-state index contributed by atoms with van der Waals surface area (Å²) in [5, 5.41) is 0. The van der Waals surface area contributed by atoms with Crippen LogP contribution < -0.4 is 10.6 Å². The van der Waals surface area contributed by atoms with Crippen LogP contribution in [0.4, 0.5) is 5.69 Å². The minimum absolute atomic E-state index is 0.205. The fourth-order valence-corrected chi connectivity index (χ4v) is 2.19. The van der Waals surface area contributed by atoms with E-state index in [0.717, 1.165) is 25.3 Å². The van der Waals surface area contributed by atoms with Gasteiger partial charge < -0.3 is 15.1 Å². The number of nitrogens with two attached hydrogens (primary N) is 1. The molecule has 1 aromatic carbocycles. The molecule has 1 unspecified atom stereocenters. The Bertz CT molecular complexity index is 474. The maximum atomic E-state index is 5.82. The molecule has 0 aliphatic heterocycles. The summed E-state index contributed by atoms with van der Waals surface area (Å²) in [6.07, 6.45) is 2.64. The van der Waals surface area contributed by atoms with Crippen LogP contribution in [0.2, 0.25) is 0 Å². The molecule has 2 aromatic rings. The van der Waals surface area contributed by atoms with Gasteiger partial charge in [-0.3, -0.25) is 0 Å². The Kier molecular flexibility index (Phi) is 4.63. The Labute approximate surface area is 115 Å². The molecular formula is C16H22N2O. The lowest BCUT2D eigenvalue weighted by atomic mass is 10.1. The molecule has 0 saturated carbocycles. The Hall–Kier alpha value is -1.74. The third-order valence-corrected chi connectivity index (χ3v) is 3.17. The van der Waals surface area contributed by atoms with Crippen molar-refractivity contribution < 1.29 is 4.42 Å².